The minimum atomic E-state index is -0.0790. The van der Waals surface area contributed by atoms with Crippen molar-refractivity contribution in [2.75, 3.05) is 0 Å². The van der Waals surface area contributed by atoms with E-state index in [1.165, 1.54) is 5.57 Å². The number of ketones is 1. The predicted octanol–water partition coefficient (Wildman–Crippen LogP) is 2.96. The van der Waals surface area contributed by atoms with Crippen LogP contribution in [-0.4, -0.2) is 5.78 Å². The van der Waals surface area contributed by atoms with Crippen LogP contribution in [0, 0.1) is 18.3 Å². The summed E-state index contributed by atoms with van der Waals surface area (Å²) in [6.07, 6.45) is 9.78. The smallest absolute Gasteiger partial charge is 0.205 e. The highest BCUT2D eigenvalue weighted by Gasteiger charge is 2.05. The second kappa shape index (κ2) is 6.48. The fourth-order valence-corrected chi connectivity index (χ4v) is 1.13. The summed E-state index contributed by atoms with van der Waals surface area (Å²) in [6, 6.07) is 0. The Hall–Kier alpha value is -1.03. The van der Waals surface area contributed by atoms with E-state index in [2.05, 4.69) is 32.8 Å². The summed E-state index contributed by atoms with van der Waals surface area (Å²) < 4.78 is 0. The molecule has 0 bridgehead atoms. The van der Waals surface area contributed by atoms with Crippen LogP contribution >= 0.6 is 0 Å². The summed E-state index contributed by atoms with van der Waals surface area (Å²) in [5.74, 6) is 2.46. The van der Waals surface area contributed by atoms with Crippen molar-refractivity contribution in [2.24, 2.45) is 5.92 Å². The molecule has 1 unspecified atom stereocenters. The molecular formula is C12H18O. The zero-order valence-electron chi connectivity index (χ0n) is 8.76. The number of hydrogen-bond acceptors (Lipinski definition) is 1. The van der Waals surface area contributed by atoms with Crippen molar-refractivity contribution < 1.29 is 4.79 Å². The number of allylic oxidation sites excluding steroid dienone is 2. The molecule has 0 aliphatic carbocycles. The Bertz CT molecular complexity index is 226. The highest BCUT2D eigenvalue weighted by molar-refractivity contribution is 5.94. The number of carbonyl (C=O) groups is 1. The Morgan fingerprint density at radius 1 is 1.54 bits per heavy atom. The van der Waals surface area contributed by atoms with Crippen LogP contribution in [-0.2, 0) is 4.79 Å². The molecule has 0 aromatic carbocycles. The van der Waals surface area contributed by atoms with E-state index in [0.717, 1.165) is 12.8 Å². The molecule has 0 rings (SSSR count). The van der Waals surface area contributed by atoms with Gasteiger partial charge in [0.15, 0.2) is 0 Å². The minimum absolute atomic E-state index is 0.0790. The van der Waals surface area contributed by atoms with E-state index in [4.69, 9.17) is 6.42 Å². The van der Waals surface area contributed by atoms with Gasteiger partial charge in [-0.05, 0) is 38.5 Å². The molecule has 0 radical (unpaired) electrons. The van der Waals surface area contributed by atoms with E-state index in [9.17, 15) is 4.79 Å². The standard InChI is InChI=1S/C12H18O/c1-5-12(13)9-11(4)8-6-7-10(2)3/h1,7,11H,6,8-9H2,2-4H3. The lowest BCUT2D eigenvalue weighted by molar-refractivity contribution is -0.114. The summed E-state index contributed by atoms with van der Waals surface area (Å²) in [7, 11) is 0. The fraction of sp³-hybridized carbons (Fsp3) is 0.583. The molecule has 0 saturated heterocycles. The van der Waals surface area contributed by atoms with Gasteiger partial charge in [0.2, 0.25) is 5.78 Å². The van der Waals surface area contributed by atoms with E-state index in [0.29, 0.717) is 12.3 Å². The van der Waals surface area contributed by atoms with Gasteiger partial charge in [-0.25, -0.2) is 0 Å². The first-order valence-corrected chi connectivity index (χ1v) is 4.69. The maximum atomic E-state index is 10.9. The zero-order chi connectivity index (χ0) is 10.3. The lowest BCUT2D eigenvalue weighted by atomic mass is 9.99. The van der Waals surface area contributed by atoms with Crippen molar-refractivity contribution in [3.63, 3.8) is 0 Å². The van der Waals surface area contributed by atoms with Crippen molar-refractivity contribution >= 4 is 5.78 Å². The molecular weight excluding hydrogens is 160 g/mol. The number of terminal acetylenes is 1. The first-order valence-electron chi connectivity index (χ1n) is 4.69. The molecule has 0 aliphatic heterocycles. The molecule has 0 spiro atoms. The Morgan fingerprint density at radius 2 is 2.15 bits per heavy atom. The second-order valence-corrected chi connectivity index (χ2v) is 3.74. The van der Waals surface area contributed by atoms with Gasteiger partial charge in [-0.3, -0.25) is 4.79 Å². The molecule has 0 heterocycles. The van der Waals surface area contributed by atoms with Gasteiger partial charge in [0.25, 0.3) is 0 Å². The lowest BCUT2D eigenvalue weighted by Crippen LogP contribution is -2.02. The first kappa shape index (κ1) is 12.0. The third-order valence-corrected chi connectivity index (χ3v) is 1.91. The Kier molecular flexibility index (Phi) is 5.97. The number of Topliss-reactive ketones (excluding diaryl/α,β-unsaturated/α-hetero) is 1. The van der Waals surface area contributed by atoms with E-state index in [1.807, 2.05) is 0 Å². The van der Waals surface area contributed by atoms with Gasteiger partial charge in [-0.15, -0.1) is 6.42 Å². The van der Waals surface area contributed by atoms with Crippen LogP contribution in [0.15, 0.2) is 11.6 Å². The maximum Gasteiger partial charge on any atom is 0.205 e. The molecule has 0 fully saturated rings. The molecule has 0 N–H and O–H groups in total. The molecule has 13 heavy (non-hydrogen) atoms. The van der Waals surface area contributed by atoms with E-state index in [-0.39, 0.29) is 5.78 Å². The van der Waals surface area contributed by atoms with Crippen molar-refractivity contribution in [3.8, 4) is 12.3 Å². The van der Waals surface area contributed by atoms with Crippen LogP contribution in [0.2, 0.25) is 0 Å². The first-order chi connectivity index (χ1) is 6.06. The highest BCUT2D eigenvalue weighted by Crippen LogP contribution is 2.11. The topological polar surface area (TPSA) is 17.1 Å². The number of rotatable bonds is 5. The van der Waals surface area contributed by atoms with Crippen molar-refractivity contribution in [2.45, 2.75) is 40.0 Å². The maximum absolute atomic E-state index is 10.9. The zero-order valence-corrected chi connectivity index (χ0v) is 8.76. The van der Waals surface area contributed by atoms with Crippen molar-refractivity contribution in [1.29, 1.82) is 0 Å². The van der Waals surface area contributed by atoms with Crippen LogP contribution in [0.4, 0.5) is 0 Å². The normalized spacial score (nSPS) is 11.5. The summed E-state index contributed by atoms with van der Waals surface area (Å²) >= 11 is 0. The number of hydrogen-bond donors (Lipinski definition) is 0. The predicted molar refractivity (Wildman–Crippen MR) is 56.3 cm³/mol. The van der Waals surface area contributed by atoms with Crippen molar-refractivity contribution in [1.82, 2.24) is 0 Å². The monoisotopic (exact) mass is 178 g/mol. The SMILES string of the molecule is C#CC(=O)CC(C)CCC=C(C)C. The Labute approximate surface area is 81.2 Å². The molecule has 1 atom stereocenters. The molecule has 0 aliphatic rings. The quantitative estimate of drug-likeness (QED) is 0.359. The average molecular weight is 178 g/mol. The van der Waals surface area contributed by atoms with E-state index >= 15 is 0 Å². The van der Waals surface area contributed by atoms with Gasteiger partial charge in [0.1, 0.15) is 0 Å². The third-order valence-electron chi connectivity index (χ3n) is 1.91. The average Bonchev–Trinajstić information content (AvgIpc) is 2.03. The van der Waals surface area contributed by atoms with E-state index < -0.39 is 0 Å². The molecule has 0 amide bonds. The largest absolute Gasteiger partial charge is 0.285 e. The molecule has 1 heteroatoms. The van der Waals surface area contributed by atoms with Crippen LogP contribution in [0.25, 0.3) is 0 Å². The van der Waals surface area contributed by atoms with Crippen LogP contribution in [0.5, 0.6) is 0 Å². The van der Waals surface area contributed by atoms with Gasteiger partial charge in [0.05, 0.1) is 0 Å². The van der Waals surface area contributed by atoms with Crippen LogP contribution in [0.1, 0.15) is 40.0 Å². The minimum Gasteiger partial charge on any atom is -0.285 e. The second-order valence-electron chi connectivity index (χ2n) is 3.74. The summed E-state index contributed by atoms with van der Waals surface area (Å²) in [6.45, 7) is 6.22. The lowest BCUT2D eigenvalue weighted by Gasteiger charge is -2.05. The van der Waals surface area contributed by atoms with E-state index in [1.54, 1.807) is 0 Å². The summed E-state index contributed by atoms with van der Waals surface area (Å²) in [4.78, 5) is 10.9. The molecule has 1 nitrogen and oxygen atoms in total. The molecule has 72 valence electrons. The summed E-state index contributed by atoms with van der Waals surface area (Å²) in [5, 5.41) is 0. The Morgan fingerprint density at radius 3 is 2.62 bits per heavy atom. The van der Waals surface area contributed by atoms with Gasteiger partial charge < -0.3 is 0 Å². The Balaban J connectivity index is 3.65. The van der Waals surface area contributed by atoms with Crippen LogP contribution < -0.4 is 0 Å². The van der Waals surface area contributed by atoms with Gasteiger partial charge in [0, 0.05) is 6.42 Å². The van der Waals surface area contributed by atoms with Gasteiger partial charge in [-0.1, -0.05) is 18.6 Å². The molecule has 0 aromatic heterocycles. The highest BCUT2D eigenvalue weighted by atomic mass is 16.1. The summed E-state index contributed by atoms with van der Waals surface area (Å²) in [5.41, 5.74) is 1.33. The van der Waals surface area contributed by atoms with Gasteiger partial charge in [-0.2, -0.15) is 0 Å². The third kappa shape index (κ3) is 7.33. The molecule has 0 saturated carbocycles. The van der Waals surface area contributed by atoms with Gasteiger partial charge >= 0.3 is 0 Å². The molecule has 0 aromatic rings. The number of carbonyl (C=O) groups excluding carboxylic acids is 1. The van der Waals surface area contributed by atoms with Crippen molar-refractivity contribution in [3.05, 3.63) is 11.6 Å². The van der Waals surface area contributed by atoms with Crippen LogP contribution in [0.3, 0.4) is 0 Å². The fourth-order valence-electron chi connectivity index (χ4n) is 1.13.